The van der Waals surface area contributed by atoms with Crippen LogP contribution in [0, 0.1) is 6.92 Å². The van der Waals surface area contributed by atoms with Crippen LogP contribution in [0.1, 0.15) is 69.6 Å². The van der Waals surface area contributed by atoms with Gasteiger partial charge in [0.2, 0.25) is 0 Å². The van der Waals surface area contributed by atoms with Gasteiger partial charge >= 0.3 is 5.97 Å². The van der Waals surface area contributed by atoms with E-state index in [1.165, 1.54) is 16.7 Å². The van der Waals surface area contributed by atoms with Crippen molar-refractivity contribution in [2.45, 2.75) is 65.2 Å². The quantitative estimate of drug-likeness (QED) is 0.838. The van der Waals surface area contributed by atoms with Gasteiger partial charge in [0.15, 0.2) is 0 Å². The molecule has 0 aromatic heterocycles. The van der Waals surface area contributed by atoms with Crippen molar-refractivity contribution in [3.63, 3.8) is 0 Å². The molecule has 1 rings (SSSR count). The predicted molar refractivity (Wildman–Crippen MR) is 79.8 cm³/mol. The molecule has 2 heteroatoms. The number of hydrogen-bond acceptors (Lipinski definition) is 1. The van der Waals surface area contributed by atoms with E-state index in [0.717, 1.165) is 12.8 Å². The summed E-state index contributed by atoms with van der Waals surface area (Å²) in [5, 5.41) is 9.09. The van der Waals surface area contributed by atoms with Crippen LogP contribution in [-0.2, 0) is 10.2 Å². The number of aliphatic carboxylic acids is 1. The normalized spacial score (nSPS) is 13.3. The summed E-state index contributed by atoms with van der Waals surface area (Å²) in [6.45, 7) is 10.7. The maximum Gasteiger partial charge on any atom is 0.303 e. The van der Waals surface area contributed by atoms with Crippen LogP contribution in [0.4, 0.5) is 0 Å². The van der Waals surface area contributed by atoms with E-state index in [-0.39, 0.29) is 17.8 Å². The number of benzene rings is 1. The zero-order valence-electron chi connectivity index (χ0n) is 12.8. The summed E-state index contributed by atoms with van der Waals surface area (Å²) in [7, 11) is 0. The second-order valence-electron chi connectivity index (χ2n) is 6.40. The molecule has 0 bridgehead atoms. The molecule has 0 aliphatic carbocycles. The van der Waals surface area contributed by atoms with Crippen LogP contribution >= 0.6 is 0 Å². The minimum absolute atomic E-state index is 0.0996. The highest BCUT2D eigenvalue weighted by Gasteiger charge is 2.20. The van der Waals surface area contributed by atoms with Crippen molar-refractivity contribution < 1.29 is 9.90 Å². The minimum Gasteiger partial charge on any atom is -0.481 e. The monoisotopic (exact) mass is 262 g/mol. The molecule has 106 valence electrons. The zero-order chi connectivity index (χ0) is 14.6. The van der Waals surface area contributed by atoms with Crippen LogP contribution in [0.25, 0.3) is 0 Å². The molecule has 0 saturated heterocycles. The van der Waals surface area contributed by atoms with Gasteiger partial charge in [0.25, 0.3) is 0 Å². The molecule has 0 fully saturated rings. The van der Waals surface area contributed by atoms with E-state index in [9.17, 15) is 4.79 Å². The minimum atomic E-state index is -0.709. The number of rotatable bonds is 5. The molecule has 0 amide bonds. The molecule has 2 nitrogen and oxygen atoms in total. The highest BCUT2D eigenvalue weighted by atomic mass is 16.4. The first-order valence-corrected chi connectivity index (χ1v) is 7.08. The lowest BCUT2D eigenvalue weighted by Crippen LogP contribution is -2.14. The Hall–Kier alpha value is -1.31. The molecule has 1 aromatic rings. The molecule has 0 aliphatic heterocycles. The van der Waals surface area contributed by atoms with Gasteiger partial charge in [-0.2, -0.15) is 0 Å². The Bertz CT molecular complexity index is 441. The molecule has 0 heterocycles. The third kappa shape index (κ3) is 4.38. The summed E-state index contributed by atoms with van der Waals surface area (Å²) in [5.74, 6) is -0.580. The molecule has 0 aliphatic rings. The second-order valence-corrected chi connectivity index (χ2v) is 6.40. The van der Waals surface area contributed by atoms with Gasteiger partial charge in [-0.25, -0.2) is 0 Å². The second kappa shape index (κ2) is 6.23. The Balaban J connectivity index is 3.17. The van der Waals surface area contributed by atoms with Crippen LogP contribution < -0.4 is 0 Å². The molecular weight excluding hydrogens is 236 g/mol. The van der Waals surface area contributed by atoms with Crippen LogP contribution in [-0.4, -0.2) is 11.1 Å². The maximum atomic E-state index is 11.1. The molecule has 0 spiro atoms. The summed E-state index contributed by atoms with van der Waals surface area (Å²) in [6, 6.07) is 6.49. The molecule has 19 heavy (non-hydrogen) atoms. The average molecular weight is 262 g/mol. The van der Waals surface area contributed by atoms with Crippen LogP contribution in [0.5, 0.6) is 0 Å². The van der Waals surface area contributed by atoms with Gasteiger partial charge in [0.1, 0.15) is 0 Å². The number of carbonyl (C=O) groups is 1. The van der Waals surface area contributed by atoms with Crippen molar-refractivity contribution >= 4 is 5.97 Å². The molecule has 1 atom stereocenters. The molecule has 1 unspecified atom stereocenters. The Morgan fingerprint density at radius 2 is 1.95 bits per heavy atom. The van der Waals surface area contributed by atoms with Crippen molar-refractivity contribution in [3.8, 4) is 0 Å². The van der Waals surface area contributed by atoms with Crippen molar-refractivity contribution in [2.75, 3.05) is 0 Å². The summed E-state index contributed by atoms with van der Waals surface area (Å²) in [5.41, 5.74) is 3.78. The van der Waals surface area contributed by atoms with Crippen molar-refractivity contribution in [1.82, 2.24) is 0 Å². The molecule has 0 radical (unpaired) electrons. The Morgan fingerprint density at radius 1 is 1.32 bits per heavy atom. The fourth-order valence-corrected chi connectivity index (χ4v) is 2.47. The van der Waals surface area contributed by atoms with Crippen molar-refractivity contribution in [3.05, 3.63) is 34.9 Å². The lowest BCUT2D eigenvalue weighted by molar-refractivity contribution is -0.137. The molecule has 1 N–H and O–H groups in total. The van der Waals surface area contributed by atoms with E-state index >= 15 is 0 Å². The summed E-state index contributed by atoms with van der Waals surface area (Å²) >= 11 is 0. The Kier molecular flexibility index (Phi) is 5.16. The molecular formula is C17H26O2. The fourth-order valence-electron chi connectivity index (χ4n) is 2.47. The van der Waals surface area contributed by atoms with Crippen molar-refractivity contribution in [2.24, 2.45) is 0 Å². The first-order valence-electron chi connectivity index (χ1n) is 7.08. The lowest BCUT2D eigenvalue weighted by Gasteiger charge is -2.24. The summed E-state index contributed by atoms with van der Waals surface area (Å²) < 4.78 is 0. The predicted octanol–water partition coefficient (Wildman–Crippen LogP) is 4.65. The van der Waals surface area contributed by atoms with E-state index in [1.807, 2.05) is 0 Å². The third-order valence-corrected chi connectivity index (χ3v) is 3.64. The number of aryl methyl sites for hydroxylation is 1. The third-order valence-electron chi connectivity index (χ3n) is 3.64. The van der Waals surface area contributed by atoms with Crippen LogP contribution in [0.3, 0.4) is 0 Å². The summed E-state index contributed by atoms with van der Waals surface area (Å²) in [6.07, 6.45) is 2.17. The maximum absolute atomic E-state index is 11.1. The fraction of sp³-hybridized carbons (Fsp3) is 0.588. The van der Waals surface area contributed by atoms with Crippen LogP contribution in [0.15, 0.2) is 18.2 Å². The highest BCUT2D eigenvalue weighted by molar-refractivity contribution is 5.68. The van der Waals surface area contributed by atoms with E-state index in [2.05, 4.69) is 52.8 Å². The highest BCUT2D eigenvalue weighted by Crippen LogP contribution is 2.32. The smallest absolute Gasteiger partial charge is 0.303 e. The van der Waals surface area contributed by atoms with Gasteiger partial charge < -0.3 is 5.11 Å². The Morgan fingerprint density at radius 3 is 2.42 bits per heavy atom. The van der Waals surface area contributed by atoms with Crippen LogP contribution in [0.2, 0.25) is 0 Å². The zero-order valence-corrected chi connectivity index (χ0v) is 12.8. The van der Waals surface area contributed by atoms with Gasteiger partial charge in [-0.05, 0) is 41.4 Å². The van der Waals surface area contributed by atoms with E-state index < -0.39 is 5.97 Å². The first-order chi connectivity index (χ1) is 8.75. The van der Waals surface area contributed by atoms with Gasteiger partial charge in [-0.15, -0.1) is 0 Å². The topological polar surface area (TPSA) is 37.3 Å². The van der Waals surface area contributed by atoms with Gasteiger partial charge in [-0.3, -0.25) is 4.79 Å². The Labute approximate surface area is 116 Å². The van der Waals surface area contributed by atoms with E-state index in [4.69, 9.17) is 5.11 Å². The van der Waals surface area contributed by atoms with Crippen molar-refractivity contribution in [1.29, 1.82) is 0 Å². The first kappa shape index (κ1) is 15.7. The number of carboxylic acid groups (broad SMARTS) is 1. The van der Waals surface area contributed by atoms with E-state index in [0.29, 0.717) is 0 Å². The number of carboxylic acids is 1. The largest absolute Gasteiger partial charge is 0.481 e. The standard InChI is InChI=1S/C17H26O2/c1-6-7-13(10-16(18)19)15-11-14(17(3,4)5)9-8-12(15)2/h8-9,11,13H,6-7,10H2,1-5H3,(H,18,19). The van der Waals surface area contributed by atoms with E-state index in [1.54, 1.807) is 0 Å². The number of hydrogen-bond donors (Lipinski definition) is 1. The van der Waals surface area contributed by atoms with Gasteiger partial charge in [-0.1, -0.05) is 52.3 Å². The average Bonchev–Trinajstić information content (AvgIpc) is 2.27. The molecule has 0 saturated carbocycles. The summed E-state index contributed by atoms with van der Waals surface area (Å²) in [4.78, 5) is 11.1. The lowest BCUT2D eigenvalue weighted by atomic mass is 9.81. The SMILES string of the molecule is CCCC(CC(=O)O)c1cc(C(C)(C)C)ccc1C. The van der Waals surface area contributed by atoms with Gasteiger partial charge in [0, 0.05) is 0 Å². The molecule has 1 aromatic carbocycles. The van der Waals surface area contributed by atoms with Gasteiger partial charge in [0.05, 0.1) is 6.42 Å².